The number of halogens is 1. The summed E-state index contributed by atoms with van der Waals surface area (Å²) in [7, 11) is 0. The molecule has 0 fully saturated rings. The van der Waals surface area contributed by atoms with Gasteiger partial charge in [-0.15, -0.1) is 0 Å². The molecule has 0 aliphatic carbocycles. The Morgan fingerprint density at radius 2 is 1.60 bits per heavy atom. The average molecular weight is 333 g/mol. The predicted octanol–water partition coefficient (Wildman–Crippen LogP) is 4.46. The normalized spacial score (nSPS) is 12.4. The van der Waals surface area contributed by atoms with Crippen LogP contribution in [0.5, 0.6) is 0 Å². The molecule has 0 saturated carbocycles. The maximum absolute atomic E-state index is 9.71. The van der Waals surface area contributed by atoms with Crippen molar-refractivity contribution in [2.24, 2.45) is 5.92 Å². The van der Waals surface area contributed by atoms with Crippen LogP contribution in [0.4, 0.5) is 0 Å². The van der Waals surface area contributed by atoms with E-state index in [1.165, 1.54) is 22.3 Å². The number of aliphatic hydroxyl groups excluding tert-OH is 1. The molecule has 2 aromatic rings. The lowest BCUT2D eigenvalue weighted by molar-refractivity contribution is 0.224. The summed E-state index contributed by atoms with van der Waals surface area (Å²) in [4.78, 5) is 0. The maximum Gasteiger partial charge on any atom is 0.0465 e. The summed E-state index contributed by atoms with van der Waals surface area (Å²) in [5.41, 5.74) is 5.27. The smallest absolute Gasteiger partial charge is 0.0465 e. The molecule has 1 N–H and O–H groups in total. The Morgan fingerprint density at radius 1 is 0.950 bits per heavy atom. The molecule has 0 heterocycles. The van der Waals surface area contributed by atoms with Gasteiger partial charge in [-0.2, -0.15) is 0 Å². The first-order valence-corrected chi connectivity index (χ1v) is 7.80. The van der Waals surface area contributed by atoms with Gasteiger partial charge in [-0.1, -0.05) is 52.3 Å². The van der Waals surface area contributed by atoms with Crippen molar-refractivity contribution in [2.45, 2.75) is 26.7 Å². The molecular weight excluding hydrogens is 312 g/mol. The van der Waals surface area contributed by atoms with Gasteiger partial charge in [-0.25, -0.2) is 0 Å². The molecule has 1 unspecified atom stereocenters. The SMILES string of the molecule is Cc1cccc(C)c1CC(CO)Cc1ccccc1Br. The standard InChI is InChI=1S/C18H21BrO/c1-13-6-5-7-14(2)17(13)11-15(12-20)10-16-8-3-4-9-18(16)19/h3-9,15,20H,10-12H2,1-2H3. The largest absolute Gasteiger partial charge is 0.396 e. The van der Waals surface area contributed by atoms with Crippen molar-refractivity contribution < 1.29 is 5.11 Å². The van der Waals surface area contributed by atoms with Gasteiger partial charge in [0.15, 0.2) is 0 Å². The Hall–Kier alpha value is -1.12. The van der Waals surface area contributed by atoms with Crippen LogP contribution in [0.3, 0.4) is 0 Å². The lowest BCUT2D eigenvalue weighted by atomic mass is 9.89. The van der Waals surface area contributed by atoms with Crippen molar-refractivity contribution in [3.05, 3.63) is 69.2 Å². The first kappa shape index (κ1) is 15.3. The van der Waals surface area contributed by atoms with E-state index in [0.717, 1.165) is 17.3 Å². The second-order valence-corrected chi connectivity index (χ2v) is 6.27. The Kier molecular flexibility index (Phi) is 5.38. The highest BCUT2D eigenvalue weighted by Gasteiger charge is 2.14. The van der Waals surface area contributed by atoms with Gasteiger partial charge in [0.1, 0.15) is 0 Å². The molecule has 0 spiro atoms. The van der Waals surface area contributed by atoms with E-state index in [9.17, 15) is 5.11 Å². The Balaban J connectivity index is 2.16. The zero-order valence-electron chi connectivity index (χ0n) is 12.1. The summed E-state index contributed by atoms with van der Waals surface area (Å²) in [5, 5.41) is 9.71. The van der Waals surface area contributed by atoms with Crippen LogP contribution in [0, 0.1) is 19.8 Å². The first-order chi connectivity index (χ1) is 9.61. The van der Waals surface area contributed by atoms with Gasteiger partial charge in [-0.3, -0.25) is 0 Å². The molecule has 106 valence electrons. The highest BCUT2D eigenvalue weighted by molar-refractivity contribution is 9.10. The Morgan fingerprint density at radius 3 is 2.20 bits per heavy atom. The van der Waals surface area contributed by atoms with Crippen LogP contribution in [-0.2, 0) is 12.8 Å². The third-order valence-corrected chi connectivity index (χ3v) is 4.64. The van der Waals surface area contributed by atoms with Crippen molar-refractivity contribution in [3.8, 4) is 0 Å². The van der Waals surface area contributed by atoms with E-state index in [1.807, 2.05) is 12.1 Å². The molecule has 0 aliphatic heterocycles. The second-order valence-electron chi connectivity index (χ2n) is 5.42. The second kappa shape index (κ2) is 7.05. The van der Waals surface area contributed by atoms with Crippen LogP contribution in [0.2, 0.25) is 0 Å². The average Bonchev–Trinajstić information content (AvgIpc) is 2.44. The van der Waals surface area contributed by atoms with Gasteiger partial charge < -0.3 is 5.11 Å². The monoisotopic (exact) mass is 332 g/mol. The van der Waals surface area contributed by atoms with Crippen LogP contribution < -0.4 is 0 Å². The topological polar surface area (TPSA) is 20.2 Å². The zero-order chi connectivity index (χ0) is 14.5. The van der Waals surface area contributed by atoms with E-state index >= 15 is 0 Å². The van der Waals surface area contributed by atoms with Crippen LogP contribution in [0.1, 0.15) is 22.3 Å². The van der Waals surface area contributed by atoms with Crippen LogP contribution in [-0.4, -0.2) is 11.7 Å². The molecule has 2 aromatic carbocycles. The lowest BCUT2D eigenvalue weighted by Gasteiger charge is -2.18. The minimum absolute atomic E-state index is 0.217. The third kappa shape index (κ3) is 3.71. The highest BCUT2D eigenvalue weighted by Crippen LogP contribution is 2.23. The van der Waals surface area contributed by atoms with E-state index in [-0.39, 0.29) is 12.5 Å². The van der Waals surface area contributed by atoms with Crippen molar-refractivity contribution in [2.75, 3.05) is 6.61 Å². The molecule has 0 aliphatic rings. The van der Waals surface area contributed by atoms with Crippen LogP contribution in [0.15, 0.2) is 46.9 Å². The van der Waals surface area contributed by atoms with Crippen LogP contribution >= 0.6 is 15.9 Å². The summed E-state index contributed by atoms with van der Waals surface area (Å²) in [5.74, 6) is 0.258. The number of aliphatic hydroxyl groups is 1. The third-order valence-electron chi connectivity index (χ3n) is 3.86. The maximum atomic E-state index is 9.71. The number of hydrogen-bond donors (Lipinski definition) is 1. The summed E-state index contributed by atoms with van der Waals surface area (Å²) in [6, 6.07) is 14.6. The quantitative estimate of drug-likeness (QED) is 0.856. The van der Waals surface area contributed by atoms with E-state index < -0.39 is 0 Å². The fourth-order valence-corrected chi connectivity index (χ4v) is 3.08. The van der Waals surface area contributed by atoms with Gasteiger partial charge >= 0.3 is 0 Å². The molecule has 2 heteroatoms. The number of benzene rings is 2. The van der Waals surface area contributed by atoms with E-state index in [1.54, 1.807) is 0 Å². The van der Waals surface area contributed by atoms with Crippen molar-refractivity contribution in [1.82, 2.24) is 0 Å². The molecule has 0 radical (unpaired) electrons. The summed E-state index contributed by atoms with van der Waals surface area (Å²) in [6.07, 6.45) is 1.82. The van der Waals surface area contributed by atoms with Gasteiger partial charge in [-0.05, 0) is 60.9 Å². The molecule has 20 heavy (non-hydrogen) atoms. The number of aryl methyl sites for hydroxylation is 2. The van der Waals surface area contributed by atoms with Crippen molar-refractivity contribution in [3.63, 3.8) is 0 Å². The van der Waals surface area contributed by atoms with Crippen molar-refractivity contribution in [1.29, 1.82) is 0 Å². The van der Waals surface area contributed by atoms with E-state index in [2.05, 4.69) is 60.1 Å². The fourth-order valence-electron chi connectivity index (χ4n) is 2.64. The predicted molar refractivity (Wildman–Crippen MR) is 88.0 cm³/mol. The van der Waals surface area contributed by atoms with Gasteiger partial charge in [0, 0.05) is 11.1 Å². The minimum Gasteiger partial charge on any atom is -0.396 e. The molecule has 0 saturated heterocycles. The minimum atomic E-state index is 0.217. The summed E-state index contributed by atoms with van der Waals surface area (Å²) < 4.78 is 1.12. The fraction of sp³-hybridized carbons (Fsp3) is 0.333. The molecule has 1 nitrogen and oxygen atoms in total. The zero-order valence-corrected chi connectivity index (χ0v) is 13.7. The van der Waals surface area contributed by atoms with Crippen LogP contribution in [0.25, 0.3) is 0 Å². The highest BCUT2D eigenvalue weighted by atomic mass is 79.9. The first-order valence-electron chi connectivity index (χ1n) is 7.01. The summed E-state index contributed by atoms with van der Waals surface area (Å²) >= 11 is 3.59. The Labute approximate surface area is 129 Å². The molecule has 0 amide bonds. The molecule has 2 rings (SSSR count). The molecular formula is C18H21BrO. The van der Waals surface area contributed by atoms with Gasteiger partial charge in [0.05, 0.1) is 0 Å². The van der Waals surface area contributed by atoms with Gasteiger partial charge in [0.2, 0.25) is 0 Å². The lowest BCUT2D eigenvalue weighted by Crippen LogP contribution is -2.14. The number of hydrogen-bond acceptors (Lipinski definition) is 1. The van der Waals surface area contributed by atoms with Crippen molar-refractivity contribution >= 4 is 15.9 Å². The van der Waals surface area contributed by atoms with E-state index in [4.69, 9.17) is 0 Å². The molecule has 0 aromatic heterocycles. The molecule has 1 atom stereocenters. The van der Waals surface area contributed by atoms with E-state index in [0.29, 0.717) is 0 Å². The number of rotatable bonds is 5. The molecule has 0 bridgehead atoms. The van der Waals surface area contributed by atoms with Gasteiger partial charge in [0.25, 0.3) is 0 Å². The Bertz CT molecular complexity index is 557. The summed E-state index contributed by atoms with van der Waals surface area (Å²) in [6.45, 7) is 4.51.